The van der Waals surface area contributed by atoms with Gasteiger partial charge in [-0.1, -0.05) is 6.07 Å². The molecule has 0 N–H and O–H groups in total. The van der Waals surface area contributed by atoms with Crippen molar-refractivity contribution in [3.63, 3.8) is 0 Å². The Morgan fingerprint density at radius 1 is 1.38 bits per heavy atom. The molecule has 0 radical (unpaired) electrons. The lowest BCUT2D eigenvalue weighted by molar-refractivity contribution is -0.134. The van der Waals surface area contributed by atoms with Gasteiger partial charge in [-0.15, -0.1) is 0 Å². The summed E-state index contributed by atoms with van der Waals surface area (Å²) in [5.41, 5.74) is 0. The highest BCUT2D eigenvalue weighted by Gasteiger charge is 2.18. The van der Waals surface area contributed by atoms with E-state index in [4.69, 9.17) is 9.47 Å². The minimum absolute atomic E-state index is 0.106. The molecule has 4 heteroatoms. The highest BCUT2D eigenvalue weighted by Crippen LogP contribution is 2.31. The second-order valence-electron chi connectivity index (χ2n) is 2.64. The Kier molecular flexibility index (Phi) is 1.88. The van der Waals surface area contributed by atoms with Gasteiger partial charge in [0, 0.05) is 0 Å². The zero-order valence-electron chi connectivity index (χ0n) is 6.75. The molecule has 0 unspecified atom stereocenters. The van der Waals surface area contributed by atoms with Crippen LogP contribution in [0.3, 0.4) is 0 Å². The minimum atomic E-state index is -0.576. The van der Waals surface area contributed by atoms with E-state index in [0.717, 1.165) is 0 Å². The lowest BCUT2D eigenvalue weighted by Crippen LogP contribution is -2.08. The van der Waals surface area contributed by atoms with Crippen LogP contribution >= 0.6 is 0 Å². The summed E-state index contributed by atoms with van der Waals surface area (Å²) in [6.07, 6.45) is 0.147. The van der Waals surface area contributed by atoms with Crippen molar-refractivity contribution in [3.8, 4) is 11.5 Å². The third-order valence-electron chi connectivity index (χ3n) is 1.71. The second kappa shape index (κ2) is 3.05. The average Bonchev–Trinajstić information content (AvgIpc) is 2.28. The summed E-state index contributed by atoms with van der Waals surface area (Å²) >= 11 is 0. The molecule has 1 aliphatic rings. The van der Waals surface area contributed by atoms with Gasteiger partial charge in [-0.05, 0) is 12.1 Å². The molecule has 1 aromatic carbocycles. The monoisotopic (exact) mass is 182 g/mol. The lowest BCUT2D eigenvalue weighted by Gasteiger charge is -2.05. The Morgan fingerprint density at radius 2 is 2.23 bits per heavy atom. The molecule has 0 bridgehead atoms. The standard InChI is InChI=1S/C9H7FO3/c10-6-2-1-3-7-9(6)13-8(11)4-5-12-7/h1-3H,4-5H2. The Morgan fingerprint density at radius 3 is 3.08 bits per heavy atom. The van der Waals surface area contributed by atoms with Crippen molar-refractivity contribution < 1.29 is 18.7 Å². The summed E-state index contributed by atoms with van der Waals surface area (Å²) < 4.78 is 22.9. The predicted molar refractivity (Wildman–Crippen MR) is 42.1 cm³/mol. The maximum Gasteiger partial charge on any atom is 0.314 e. The molecule has 0 atom stereocenters. The first-order valence-electron chi connectivity index (χ1n) is 3.89. The molecule has 3 nitrogen and oxygen atoms in total. The molecule has 2 rings (SSSR count). The number of carbonyl (C=O) groups excluding carboxylic acids is 1. The smallest absolute Gasteiger partial charge is 0.314 e. The summed E-state index contributed by atoms with van der Waals surface area (Å²) in [7, 11) is 0. The van der Waals surface area contributed by atoms with Crippen LogP contribution in [0.15, 0.2) is 18.2 Å². The van der Waals surface area contributed by atoms with Crippen molar-refractivity contribution in [1.82, 2.24) is 0 Å². The van der Waals surface area contributed by atoms with Crippen molar-refractivity contribution in [2.75, 3.05) is 6.61 Å². The molecule has 1 aromatic rings. The first kappa shape index (κ1) is 8.04. The fraction of sp³-hybridized carbons (Fsp3) is 0.222. The molecule has 0 aliphatic carbocycles. The highest BCUT2D eigenvalue weighted by molar-refractivity contribution is 5.74. The van der Waals surface area contributed by atoms with Crippen LogP contribution in [0.25, 0.3) is 0 Å². The number of halogens is 1. The van der Waals surface area contributed by atoms with Crippen LogP contribution in [-0.4, -0.2) is 12.6 Å². The van der Waals surface area contributed by atoms with E-state index in [1.54, 1.807) is 6.07 Å². The molecule has 1 heterocycles. The molecule has 0 saturated heterocycles. The number of ether oxygens (including phenoxy) is 2. The maximum absolute atomic E-state index is 13.1. The molecule has 1 aliphatic heterocycles. The summed E-state index contributed by atoms with van der Waals surface area (Å²) in [5.74, 6) is -0.868. The van der Waals surface area contributed by atoms with Gasteiger partial charge in [-0.2, -0.15) is 0 Å². The van der Waals surface area contributed by atoms with Crippen LogP contribution in [0.5, 0.6) is 11.5 Å². The first-order valence-corrected chi connectivity index (χ1v) is 3.89. The van der Waals surface area contributed by atoms with Crippen LogP contribution in [0.4, 0.5) is 4.39 Å². The number of carbonyl (C=O) groups is 1. The van der Waals surface area contributed by atoms with Crippen molar-refractivity contribution in [2.45, 2.75) is 6.42 Å². The highest BCUT2D eigenvalue weighted by atomic mass is 19.1. The molecule has 0 spiro atoms. The van der Waals surface area contributed by atoms with E-state index in [1.165, 1.54) is 12.1 Å². The molecule has 0 amide bonds. The quantitative estimate of drug-likeness (QED) is 0.450. The van der Waals surface area contributed by atoms with Crippen molar-refractivity contribution in [1.29, 1.82) is 0 Å². The SMILES string of the molecule is O=C1CCOc2cccc(F)c2O1. The van der Waals surface area contributed by atoms with Gasteiger partial charge in [0.15, 0.2) is 11.6 Å². The third-order valence-corrected chi connectivity index (χ3v) is 1.71. The van der Waals surface area contributed by atoms with Gasteiger partial charge in [0.05, 0.1) is 13.0 Å². The Balaban J connectivity index is 2.46. The van der Waals surface area contributed by atoms with Gasteiger partial charge in [0.2, 0.25) is 5.75 Å². The van der Waals surface area contributed by atoms with E-state index in [0.29, 0.717) is 0 Å². The van der Waals surface area contributed by atoms with Crippen LogP contribution in [0.1, 0.15) is 6.42 Å². The number of esters is 1. The van der Waals surface area contributed by atoms with Gasteiger partial charge < -0.3 is 9.47 Å². The summed E-state index contributed by atoms with van der Waals surface area (Å²) in [4.78, 5) is 10.9. The van der Waals surface area contributed by atoms with Crippen molar-refractivity contribution >= 4 is 5.97 Å². The zero-order valence-corrected chi connectivity index (χ0v) is 6.75. The Hall–Kier alpha value is -1.58. The first-order chi connectivity index (χ1) is 6.27. The summed E-state index contributed by atoms with van der Waals surface area (Å²) in [6, 6.07) is 4.30. The Labute approximate surface area is 74.1 Å². The topological polar surface area (TPSA) is 35.5 Å². The van der Waals surface area contributed by atoms with E-state index in [9.17, 15) is 9.18 Å². The number of hydrogen-bond donors (Lipinski definition) is 0. The van der Waals surface area contributed by atoms with Gasteiger partial charge in [-0.3, -0.25) is 4.79 Å². The van der Waals surface area contributed by atoms with E-state index in [1.807, 2.05) is 0 Å². The molecule has 0 aromatic heterocycles. The molecule has 0 fully saturated rings. The van der Waals surface area contributed by atoms with Crippen LogP contribution in [0.2, 0.25) is 0 Å². The lowest BCUT2D eigenvalue weighted by atomic mass is 10.3. The minimum Gasteiger partial charge on any atom is -0.489 e. The number of para-hydroxylation sites is 1. The molecule has 68 valence electrons. The van der Waals surface area contributed by atoms with Gasteiger partial charge in [0.1, 0.15) is 0 Å². The van der Waals surface area contributed by atoms with Crippen molar-refractivity contribution in [2.24, 2.45) is 0 Å². The van der Waals surface area contributed by atoms with Crippen LogP contribution in [-0.2, 0) is 4.79 Å². The van der Waals surface area contributed by atoms with Gasteiger partial charge in [-0.25, -0.2) is 4.39 Å². The fourth-order valence-electron chi connectivity index (χ4n) is 1.11. The number of rotatable bonds is 0. The average molecular weight is 182 g/mol. The number of hydrogen-bond acceptors (Lipinski definition) is 3. The van der Waals surface area contributed by atoms with E-state index in [-0.39, 0.29) is 24.5 Å². The van der Waals surface area contributed by atoms with E-state index < -0.39 is 11.8 Å². The largest absolute Gasteiger partial charge is 0.489 e. The Bertz CT molecular complexity index is 349. The van der Waals surface area contributed by atoms with Gasteiger partial charge >= 0.3 is 5.97 Å². The number of benzene rings is 1. The number of fused-ring (bicyclic) bond motifs is 1. The van der Waals surface area contributed by atoms with E-state index in [2.05, 4.69) is 0 Å². The van der Waals surface area contributed by atoms with Gasteiger partial charge in [0.25, 0.3) is 0 Å². The van der Waals surface area contributed by atoms with Crippen LogP contribution in [0, 0.1) is 5.82 Å². The second-order valence-corrected chi connectivity index (χ2v) is 2.64. The third kappa shape index (κ3) is 1.47. The predicted octanol–water partition coefficient (Wildman–Crippen LogP) is 1.51. The zero-order chi connectivity index (χ0) is 9.26. The molecule has 13 heavy (non-hydrogen) atoms. The summed E-state index contributed by atoms with van der Waals surface area (Å²) in [6.45, 7) is 0.231. The fourth-order valence-corrected chi connectivity index (χ4v) is 1.11. The summed E-state index contributed by atoms with van der Waals surface area (Å²) in [5, 5.41) is 0. The normalized spacial score (nSPS) is 15.3. The molecule has 0 saturated carbocycles. The molecular formula is C9H7FO3. The molecular weight excluding hydrogens is 175 g/mol. The maximum atomic E-state index is 13.1. The van der Waals surface area contributed by atoms with E-state index >= 15 is 0 Å². The van der Waals surface area contributed by atoms with Crippen LogP contribution < -0.4 is 9.47 Å². The van der Waals surface area contributed by atoms with Crippen molar-refractivity contribution in [3.05, 3.63) is 24.0 Å².